The molecule has 0 bridgehead atoms. The van der Waals surface area contributed by atoms with Gasteiger partial charge in [-0.3, -0.25) is 0 Å². The van der Waals surface area contributed by atoms with E-state index >= 15 is 0 Å². The Bertz CT molecular complexity index is 1040. The SMILES string of the molecule is Cn1c(-c2cccc3ccccc23)c(C#N)c2ccccc21. The Kier molecular flexibility index (Phi) is 2.74. The number of benzene rings is 3. The van der Waals surface area contributed by atoms with Crippen LogP contribution in [0.3, 0.4) is 0 Å². The van der Waals surface area contributed by atoms with E-state index in [9.17, 15) is 5.26 Å². The van der Waals surface area contributed by atoms with E-state index < -0.39 is 0 Å². The van der Waals surface area contributed by atoms with Crippen LogP contribution in [0, 0.1) is 11.3 Å². The van der Waals surface area contributed by atoms with Crippen molar-refractivity contribution in [2.24, 2.45) is 7.05 Å². The standard InChI is InChI=1S/C20H14N2/c1-22-19-12-5-4-10-16(19)18(13-21)20(22)17-11-6-8-14-7-2-3-9-15(14)17/h2-12H,1H3. The van der Waals surface area contributed by atoms with E-state index in [-0.39, 0.29) is 0 Å². The summed E-state index contributed by atoms with van der Waals surface area (Å²) in [6.45, 7) is 0. The molecule has 2 heteroatoms. The average molecular weight is 282 g/mol. The van der Waals surface area contributed by atoms with Gasteiger partial charge in [-0.25, -0.2) is 0 Å². The van der Waals surface area contributed by atoms with Crippen molar-refractivity contribution in [1.82, 2.24) is 4.57 Å². The van der Waals surface area contributed by atoms with Crippen molar-refractivity contribution in [3.8, 4) is 17.3 Å². The lowest BCUT2D eigenvalue weighted by Crippen LogP contribution is -1.93. The maximum absolute atomic E-state index is 9.70. The number of rotatable bonds is 1. The van der Waals surface area contributed by atoms with E-state index in [0.717, 1.165) is 27.7 Å². The Morgan fingerprint density at radius 2 is 1.50 bits per heavy atom. The van der Waals surface area contributed by atoms with Gasteiger partial charge in [-0.05, 0) is 16.8 Å². The minimum atomic E-state index is 0.745. The summed E-state index contributed by atoms with van der Waals surface area (Å²) in [5.41, 5.74) is 3.92. The highest BCUT2D eigenvalue weighted by Gasteiger charge is 2.17. The van der Waals surface area contributed by atoms with E-state index in [2.05, 4.69) is 47.0 Å². The first-order valence-electron chi connectivity index (χ1n) is 7.27. The molecule has 0 saturated heterocycles. The van der Waals surface area contributed by atoms with Crippen molar-refractivity contribution in [2.75, 3.05) is 0 Å². The Labute approximate surface area is 128 Å². The summed E-state index contributed by atoms with van der Waals surface area (Å²) in [6, 6.07) is 25.0. The number of hydrogen-bond acceptors (Lipinski definition) is 1. The fraction of sp³-hybridized carbons (Fsp3) is 0.0500. The monoisotopic (exact) mass is 282 g/mol. The fourth-order valence-electron chi connectivity index (χ4n) is 3.25. The third kappa shape index (κ3) is 1.66. The topological polar surface area (TPSA) is 28.7 Å². The number of nitriles is 1. The van der Waals surface area contributed by atoms with Gasteiger partial charge in [-0.15, -0.1) is 0 Å². The number of hydrogen-bond donors (Lipinski definition) is 0. The molecule has 22 heavy (non-hydrogen) atoms. The minimum absolute atomic E-state index is 0.745. The lowest BCUT2D eigenvalue weighted by atomic mass is 9.99. The molecule has 1 heterocycles. The summed E-state index contributed by atoms with van der Waals surface area (Å²) in [5.74, 6) is 0. The molecule has 0 aliphatic carbocycles. The van der Waals surface area contributed by atoms with Crippen LogP contribution in [-0.2, 0) is 7.05 Å². The van der Waals surface area contributed by atoms with Crippen molar-refractivity contribution < 1.29 is 0 Å². The molecule has 0 radical (unpaired) electrons. The smallest absolute Gasteiger partial charge is 0.102 e. The molecule has 0 aliphatic heterocycles. The predicted molar refractivity (Wildman–Crippen MR) is 90.6 cm³/mol. The molecule has 1 aromatic heterocycles. The van der Waals surface area contributed by atoms with Gasteiger partial charge in [0.25, 0.3) is 0 Å². The van der Waals surface area contributed by atoms with Crippen molar-refractivity contribution in [3.05, 3.63) is 72.3 Å². The van der Waals surface area contributed by atoms with Crippen LogP contribution in [0.25, 0.3) is 32.9 Å². The first-order chi connectivity index (χ1) is 10.8. The van der Waals surface area contributed by atoms with Gasteiger partial charge in [0.15, 0.2) is 0 Å². The third-order valence-electron chi connectivity index (χ3n) is 4.26. The molecular formula is C20H14N2. The summed E-state index contributed by atoms with van der Waals surface area (Å²) in [4.78, 5) is 0. The molecule has 0 spiro atoms. The van der Waals surface area contributed by atoms with E-state index in [1.165, 1.54) is 10.8 Å². The molecule has 2 nitrogen and oxygen atoms in total. The second kappa shape index (κ2) is 4.75. The molecule has 0 atom stereocenters. The Morgan fingerprint density at radius 1 is 0.818 bits per heavy atom. The fourth-order valence-corrected chi connectivity index (χ4v) is 3.25. The first-order valence-corrected chi connectivity index (χ1v) is 7.27. The number of aryl methyl sites for hydroxylation is 1. The molecule has 0 N–H and O–H groups in total. The van der Waals surface area contributed by atoms with Crippen LogP contribution in [0.4, 0.5) is 0 Å². The Balaban J connectivity index is 2.18. The van der Waals surface area contributed by atoms with Gasteiger partial charge in [0.05, 0.1) is 11.3 Å². The second-order valence-corrected chi connectivity index (χ2v) is 5.44. The molecule has 3 aromatic carbocycles. The highest BCUT2D eigenvalue weighted by Crippen LogP contribution is 2.36. The molecular weight excluding hydrogens is 268 g/mol. The van der Waals surface area contributed by atoms with Crippen molar-refractivity contribution in [1.29, 1.82) is 5.26 Å². The van der Waals surface area contributed by atoms with Gasteiger partial charge >= 0.3 is 0 Å². The molecule has 0 saturated carbocycles. The Morgan fingerprint density at radius 3 is 2.32 bits per heavy atom. The van der Waals surface area contributed by atoms with Gasteiger partial charge in [0, 0.05) is 23.5 Å². The zero-order chi connectivity index (χ0) is 15.1. The van der Waals surface area contributed by atoms with Crippen LogP contribution < -0.4 is 0 Å². The van der Waals surface area contributed by atoms with E-state index in [0.29, 0.717) is 0 Å². The average Bonchev–Trinajstić information content (AvgIpc) is 2.87. The second-order valence-electron chi connectivity index (χ2n) is 5.44. The van der Waals surface area contributed by atoms with Crippen LogP contribution in [0.15, 0.2) is 66.7 Å². The lowest BCUT2D eigenvalue weighted by Gasteiger charge is -2.09. The van der Waals surface area contributed by atoms with Gasteiger partial charge < -0.3 is 4.57 Å². The summed E-state index contributed by atoms with van der Waals surface area (Å²) in [6.07, 6.45) is 0. The predicted octanol–water partition coefficient (Wildman–Crippen LogP) is 4.87. The Hall–Kier alpha value is -3.05. The van der Waals surface area contributed by atoms with Crippen LogP contribution in [0.2, 0.25) is 0 Å². The largest absolute Gasteiger partial charge is 0.342 e. The van der Waals surface area contributed by atoms with Crippen LogP contribution >= 0.6 is 0 Å². The number of nitrogens with zero attached hydrogens (tertiary/aromatic N) is 2. The molecule has 4 aromatic rings. The highest BCUT2D eigenvalue weighted by atomic mass is 14.9. The van der Waals surface area contributed by atoms with Crippen molar-refractivity contribution in [3.63, 3.8) is 0 Å². The van der Waals surface area contributed by atoms with Crippen LogP contribution in [-0.4, -0.2) is 4.57 Å². The maximum Gasteiger partial charge on any atom is 0.102 e. The zero-order valence-corrected chi connectivity index (χ0v) is 12.2. The van der Waals surface area contributed by atoms with Gasteiger partial charge in [0.1, 0.15) is 6.07 Å². The zero-order valence-electron chi connectivity index (χ0n) is 12.2. The lowest BCUT2D eigenvalue weighted by molar-refractivity contribution is 0.978. The minimum Gasteiger partial charge on any atom is -0.342 e. The summed E-state index contributed by atoms with van der Waals surface area (Å²) < 4.78 is 2.12. The van der Waals surface area contributed by atoms with Gasteiger partial charge in [-0.1, -0.05) is 60.7 Å². The maximum atomic E-state index is 9.70. The molecule has 0 amide bonds. The van der Waals surface area contributed by atoms with Gasteiger partial charge in [-0.2, -0.15) is 5.26 Å². The summed E-state index contributed by atoms with van der Waals surface area (Å²) in [7, 11) is 2.03. The molecule has 104 valence electrons. The van der Waals surface area contributed by atoms with E-state index in [1.807, 2.05) is 37.4 Å². The van der Waals surface area contributed by atoms with Crippen LogP contribution in [0.5, 0.6) is 0 Å². The quantitative estimate of drug-likeness (QED) is 0.489. The van der Waals surface area contributed by atoms with Crippen molar-refractivity contribution >= 4 is 21.7 Å². The number of aromatic nitrogens is 1. The number of fused-ring (bicyclic) bond motifs is 2. The normalized spacial score (nSPS) is 10.9. The molecule has 0 unspecified atom stereocenters. The molecule has 0 aliphatic rings. The third-order valence-corrected chi connectivity index (χ3v) is 4.26. The summed E-state index contributed by atoms with van der Waals surface area (Å²) in [5, 5.41) is 13.1. The highest BCUT2D eigenvalue weighted by molar-refractivity contribution is 6.02. The van der Waals surface area contributed by atoms with Crippen molar-refractivity contribution in [2.45, 2.75) is 0 Å². The summed E-state index contributed by atoms with van der Waals surface area (Å²) >= 11 is 0. The number of para-hydroxylation sites is 1. The van der Waals surface area contributed by atoms with Gasteiger partial charge in [0.2, 0.25) is 0 Å². The van der Waals surface area contributed by atoms with Crippen LogP contribution in [0.1, 0.15) is 5.56 Å². The van der Waals surface area contributed by atoms with E-state index in [1.54, 1.807) is 0 Å². The molecule has 0 fully saturated rings. The molecule has 4 rings (SSSR count). The first kappa shape index (κ1) is 12.7. The van der Waals surface area contributed by atoms with E-state index in [4.69, 9.17) is 0 Å².